The molecular formula is C12H19ClN2. The second-order valence-corrected chi connectivity index (χ2v) is 5.06. The first-order chi connectivity index (χ1) is 7.29. The molecule has 2 atom stereocenters. The van der Waals surface area contributed by atoms with Gasteiger partial charge >= 0.3 is 0 Å². The van der Waals surface area contributed by atoms with Crippen molar-refractivity contribution in [2.75, 3.05) is 0 Å². The smallest absolute Gasteiger partial charge is 0.0524 e. The first kappa shape index (κ1) is 11.0. The molecule has 0 aromatic carbocycles. The number of aryl methyl sites for hydroxylation is 1. The van der Waals surface area contributed by atoms with Crippen LogP contribution in [0.4, 0.5) is 0 Å². The minimum atomic E-state index is 0.363. The first-order valence-corrected chi connectivity index (χ1v) is 6.39. The van der Waals surface area contributed by atoms with Gasteiger partial charge in [0, 0.05) is 18.1 Å². The van der Waals surface area contributed by atoms with E-state index in [1.54, 1.807) is 0 Å². The number of hydrogen-bond acceptors (Lipinski definition) is 1. The molecule has 1 aliphatic rings. The van der Waals surface area contributed by atoms with Crippen LogP contribution in [0.15, 0.2) is 12.4 Å². The van der Waals surface area contributed by atoms with Crippen LogP contribution in [-0.4, -0.2) is 15.2 Å². The Kier molecular flexibility index (Phi) is 3.68. The molecule has 0 N–H and O–H groups in total. The van der Waals surface area contributed by atoms with Crippen LogP contribution >= 0.6 is 11.6 Å². The summed E-state index contributed by atoms with van der Waals surface area (Å²) in [5, 5.41) is 4.70. The van der Waals surface area contributed by atoms with Crippen LogP contribution < -0.4 is 0 Å². The van der Waals surface area contributed by atoms with Crippen LogP contribution in [0.25, 0.3) is 0 Å². The predicted octanol–water partition coefficient (Wildman–Crippen LogP) is 3.56. The largest absolute Gasteiger partial charge is 0.273 e. The SMILES string of the molecule is CCn1cc(C2CCCCC(Cl)C2)cn1. The van der Waals surface area contributed by atoms with E-state index in [-0.39, 0.29) is 0 Å². The van der Waals surface area contributed by atoms with Gasteiger partial charge in [-0.25, -0.2) is 0 Å². The Morgan fingerprint density at radius 2 is 2.27 bits per heavy atom. The van der Waals surface area contributed by atoms with Crippen molar-refractivity contribution in [2.45, 2.75) is 56.9 Å². The molecule has 0 bridgehead atoms. The van der Waals surface area contributed by atoms with Gasteiger partial charge in [0.15, 0.2) is 0 Å². The van der Waals surface area contributed by atoms with Crippen molar-refractivity contribution in [3.8, 4) is 0 Å². The van der Waals surface area contributed by atoms with E-state index in [1.807, 2.05) is 10.9 Å². The van der Waals surface area contributed by atoms with Crippen molar-refractivity contribution >= 4 is 11.6 Å². The molecule has 0 saturated heterocycles. The van der Waals surface area contributed by atoms with Crippen LogP contribution in [-0.2, 0) is 6.54 Å². The second-order valence-electron chi connectivity index (χ2n) is 4.44. The molecule has 1 fully saturated rings. The molecule has 2 unspecified atom stereocenters. The highest BCUT2D eigenvalue weighted by molar-refractivity contribution is 6.20. The lowest BCUT2D eigenvalue weighted by atomic mass is 9.94. The summed E-state index contributed by atoms with van der Waals surface area (Å²) in [6, 6.07) is 0. The molecule has 3 heteroatoms. The van der Waals surface area contributed by atoms with Gasteiger partial charge in [-0.2, -0.15) is 5.10 Å². The molecule has 1 aliphatic carbocycles. The summed E-state index contributed by atoms with van der Waals surface area (Å²) in [5.74, 6) is 0.635. The number of alkyl halides is 1. The molecule has 2 nitrogen and oxygen atoms in total. The van der Waals surface area contributed by atoms with Gasteiger partial charge in [0.2, 0.25) is 0 Å². The van der Waals surface area contributed by atoms with Gasteiger partial charge in [0.05, 0.1) is 6.20 Å². The van der Waals surface area contributed by atoms with E-state index < -0.39 is 0 Å². The van der Waals surface area contributed by atoms with Crippen LogP contribution in [0.1, 0.15) is 50.5 Å². The Hall–Kier alpha value is -0.500. The molecule has 0 aliphatic heterocycles. The average Bonchev–Trinajstić information content (AvgIpc) is 2.61. The zero-order chi connectivity index (χ0) is 10.7. The van der Waals surface area contributed by atoms with Gasteiger partial charge in [-0.3, -0.25) is 4.68 Å². The molecule has 1 heterocycles. The molecule has 15 heavy (non-hydrogen) atoms. The summed E-state index contributed by atoms with van der Waals surface area (Å²) >= 11 is 6.28. The van der Waals surface area contributed by atoms with Crippen molar-refractivity contribution < 1.29 is 0 Å². The van der Waals surface area contributed by atoms with Gasteiger partial charge < -0.3 is 0 Å². The Bertz CT molecular complexity index is 308. The van der Waals surface area contributed by atoms with Crippen molar-refractivity contribution in [1.29, 1.82) is 0 Å². The normalized spacial score (nSPS) is 27.6. The molecular weight excluding hydrogens is 208 g/mol. The number of aromatic nitrogens is 2. The van der Waals surface area contributed by atoms with Gasteiger partial charge in [0.25, 0.3) is 0 Å². The summed E-state index contributed by atoms with van der Waals surface area (Å²) in [6.45, 7) is 3.07. The Morgan fingerprint density at radius 3 is 3.00 bits per heavy atom. The number of halogens is 1. The van der Waals surface area contributed by atoms with E-state index in [4.69, 9.17) is 11.6 Å². The van der Waals surface area contributed by atoms with Gasteiger partial charge in [-0.15, -0.1) is 11.6 Å². The van der Waals surface area contributed by atoms with Crippen LogP contribution in [0.2, 0.25) is 0 Å². The van der Waals surface area contributed by atoms with Crippen molar-refractivity contribution in [1.82, 2.24) is 9.78 Å². The zero-order valence-corrected chi connectivity index (χ0v) is 10.1. The first-order valence-electron chi connectivity index (χ1n) is 5.96. The van der Waals surface area contributed by atoms with Crippen LogP contribution in [0.5, 0.6) is 0 Å². The Balaban J connectivity index is 2.07. The average molecular weight is 227 g/mol. The van der Waals surface area contributed by atoms with E-state index in [0.29, 0.717) is 11.3 Å². The lowest BCUT2D eigenvalue weighted by Gasteiger charge is -2.13. The van der Waals surface area contributed by atoms with E-state index in [0.717, 1.165) is 13.0 Å². The van der Waals surface area contributed by atoms with Crippen LogP contribution in [0, 0.1) is 0 Å². The highest BCUT2D eigenvalue weighted by Gasteiger charge is 2.20. The number of rotatable bonds is 2. The lowest BCUT2D eigenvalue weighted by Crippen LogP contribution is -2.03. The third-order valence-corrected chi connectivity index (χ3v) is 3.71. The fourth-order valence-corrected chi connectivity index (χ4v) is 2.74. The maximum Gasteiger partial charge on any atom is 0.0524 e. The van der Waals surface area contributed by atoms with E-state index in [1.165, 1.54) is 31.2 Å². The van der Waals surface area contributed by atoms with Crippen LogP contribution in [0.3, 0.4) is 0 Å². The zero-order valence-electron chi connectivity index (χ0n) is 9.32. The topological polar surface area (TPSA) is 17.8 Å². The minimum Gasteiger partial charge on any atom is -0.273 e. The highest BCUT2D eigenvalue weighted by Crippen LogP contribution is 2.33. The number of nitrogens with zero attached hydrogens (tertiary/aromatic N) is 2. The van der Waals surface area contributed by atoms with Gasteiger partial charge in [-0.1, -0.05) is 12.8 Å². The Morgan fingerprint density at radius 1 is 1.47 bits per heavy atom. The predicted molar refractivity (Wildman–Crippen MR) is 63.4 cm³/mol. The van der Waals surface area contributed by atoms with Gasteiger partial charge in [0.1, 0.15) is 0 Å². The third-order valence-electron chi connectivity index (χ3n) is 3.31. The molecule has 1 saturated carbocycles. The lowest BCUT2D eigenvalue weighted by molar-refractivity contribution is 0.593. The fourth-order valence-electron chi connectivity index (χ4n) is 2.37. The standard InChI is InChI=1S/C12H19ClN2/c1-2-15-9-11(8-14-15)10-5-3-4-6-12(13)7-10/h8-10,12H,2-7H2,1H3. The fraction of sp³-hybridized carbons (Fsp3) is 0.750. The maximum atomic E-state index is 6.28. The van der Waals surface area contributed by atoms with Crippen molar-refractivity contribution in [3.05, 3.63) is 18.0 Å². The molecule has 0 spiro atoms. The Labute approximate surface area is 96.6 Å². The molecule has 1 aromatic rings. The number of hydrogen-bond donors (Lipinski definition) is 0. The molecule has 1 aromatic heterocycles. The quantitative estimate of drug-likeness (QED) is 0.557. The summed E-state index contributed by atoms with van der Waals surface area (Å²) in [6.07, 6.45) is 10.4. The molecule has 84 valence electrons. The van der Waals surface area contributed by atoms with Gasteiger partial charge in [-0.05, 0) is 37.7 Å². The van der Waals surface area contributed by atoms with Crippen molar-refractivity contribution in [2.24, 2.45) is 0 Å². The summed E-state index contributed by atoms with van der Waals surface area (Å²) in [4.78, 5) is 0. The van der Waals surface area contributed by atoms with E-state index in [9.17, 15) is 0 Å². The summed E-state index contributed by atoms with van der Waals surface area (Å²) in [5.41, 5.74) is 1.38. The van der Waals surface area contributed by atoms with E-state index >= 15 is 0 Å². The van der Waals surface area contributed by atoms with Crippen molar-refractivity contribution in [3.63, 3.8) is 0 Å². The van der Waals surface area contributed by atoms with E-state index in [2.05, 4.69) is 18.2 Å². The minimum absolute atomic E-state index is 0.363. The molecule has 0 radical (unpaired) electrons. The third kappa shape index (κ3) is 2.75. The second kappa shape index (κ2) is 5.02. The molecule has 0 amide bonds. The summed E-state index contributed by atoms with van der Waals surface area (Å²) in [7, 11) is 0. The highest BCUT2D eigenvalue weighted by atomic mass is 35.5. The summed E-state index contributed by atoms with van der Waals surface area (Å²) < 4.78 is 2.00. The monoisotopic (exact) mass is 226 g/mol. The molecule has 2 rings (SSSR count). The maximum absolute atomic E-state index is 6.28.